The van der Waals surface area contributed by atoms with E-state index in [9.17, 15) is 0 Å². The van der Waals surface area contributed by atoms with Gasteiger partial charge < -0.3 is 0 Å². The van der Waals surface area contributed by atoms with Gasteiger partial charge in [-0.25, -0.2) is 0 Å². The normalized spacial score (nSPS) is 16.0. The molecular formula is C11H23Br. The summed E-state index contributed by atoms with van der Waals surface area (Å²) in [5.74, 6) is 0.858. The molecule has 0 N–H and O–H groups in total. The summed E-state index contributed by atoms with van der Waals surface area (Å²) >= 11 is 3.76. The fourth-order valence-corrected chi connectivity index (χ4v) is 2.18. The van der Waals surface area contributed by atoms with Crippen molar-refractivity contribution in [2.24, 2.45) is 5.92 Å². The van der Waals surface area contributed by atoms with Gasteiger partial charge in [0.1, 0.15) is 0 Å². The van der Waals surface area contributed by atoms with Crippen molar-refractivity contribution < 1.29 is 0 Å². The SMILES string of the molecule is CCCCCC(C)C(Br)CCC. The van der Waals surface area contributed by atoms with Crippen LogP contribution in [-0.2, 0) is 0 Å². The Labute approximate surface area is 86.3 Å². The predicted molar refractivity (Wildman–Crippen MR) is 60.9 cm³/mol. The molecule has 74 valence electrons. The Kier molecular flexibility index (Phi) is 8.42. The fourth-order valence-electron chi connectivity index (χ4n) is 1.46. The van der Waals surface area contributed by atoms with Crippen LogP contribution < -0.4 is 0 Å². The standard InChI is InChI=1S/C11H23Br/c1-4-6-7-9-10(3)11(12)8-5-2/h10-11H,4-9H2,1-3H3. The van der Waals surface area contributed by atoms with Gasteiger partial charge in [0.2, 0.25) is 0 Å². The minimum absolute atomic E-state index is 0.749. The molecule has 0 aromatic rings. The molecule has 0 saturated carbocycles. The molecule has 2 atom stereocenters. The molecule has 0 spiro atoms. The highest BCUT2D eigenvalue weighted by molar-refractivity contribution is 9.09. The van der Waals surface area contributed by atoms with Gasteiger partial charge in [0.05, 0.1) is 0 Å². The van der Waals surface area contributed by atoms with E-state index in [0.717, 1.165) is 10.7 Å². The first-order valence-electron chi connectivity index (χ1n) is 5.36. The third kappa shape index (κ3) is 6.05. The van der Waals surface area contributed by atoms with Gasteiger partial charge in [0.25, 0.3) is 0 Å². The van der Waals surface area contributed by atoms with Crippen molar-refractivity contribution in [2.45, 2.75) is 64.1 Å². The van der Waals surface area contributed by atoms with Crippen LogP contribution in [-0.4, -0.2) is 4.83 Å². The zero-order valence-corrected chi connectivity index (χ0v) is 10.4. The van der Waals surface area contributed by atoms with Crippen molar-refractivity contribution in [1.82, 2.24) is 0 Å². The summed E-state index contributed by atoms with van der Waals surface area (Å²) < 4.78 is 0. The highest BCUT2D eigenvalue weighted by Crippen LogP contribution is 2.22. The largest absolute Gasteiger partial charge is 0.0888 e. The Morgan fingerprint density at radius 3 is 2.17 bits per heavy atom. The van der Waals surface area contributed by atoms with Crippen LogP contribution in [0.25, 0.3) is 0 Å². The molecule has 0 aromatic heterocycles. The first-order valence-corrected chi connectivity index (χ1v) is 6.28. The fraction of sp³-hybridized carbons (Fsp3) is 1.00. The lowest BCUT2D eigenvalue weighted by atomic mass is 9.97. The van der Waals surface area contributed by atoms with Gasteiger partial charge in [-0.05, 0) is 18.8 Å². The van der Waals surface area contributed by atoms with E-state index in [1.165, 1.54) is 38.5 Å². The first-order chi connectivity index (χ1) is 5.72. The van der Waals surface area contributed by atoms with Crippen molar-refractivity contribution in [3.8, 4) is 0 Å². The van der Waals surface area contributed by atoms with Crippen LogP contribution in [0.15, 0.2) is 0 Å². The summed E-state index contributed by atoms with van der Waals surface area (Å²) in [5, 5.41) is 0. The Bertz CT molecular complexity index is 91.0. The zero-order valence-electron chi connectivity index (χ0n) is 8.78. The molecule has 0 nitrogen and oxygen atoms in total. The van der Waals surface area contributed by atoms with Gasteiger partial charge in [-0.1, -0.05) is 62.4 Å². The molecule has 0 fully saturated rings. The van der Waals surface area contributed by atoms with Crippen molar-refractivity contribution >= 4 is 15.9 Å². The predicted octanol–water partition coefficient (Wildman–Crippen LogP) is 4.77. The molecule has 2 unspecified atom stereocenters. The molecular weight excluding hydrogens is 212 g/mol. The summed E-state index contributed by atoms with van der Waals surface area (Å²) in [6.45, 7) is 6.89. The topological polar surface area (TPSA) is 0 Å². The molecule has 0 aliphatic heterocycles. The average molecular weight is 235 g/mol. The minimum Gasteiger partial charge on any atom is -0.0888 e. The lowest BCUT2D eigenvalue weighted by molar-refractivity contribution is 0.465. The van der Waals surface area contributed by atoms with E-state index in [1.54, 1.807) is 0 Å². The van der Waals surface area contributed by atoms with Crippen LogP contribution in [0, 0.1) is 5.92 Å². The monoisotopic (exact) mass is 234 g/mol. The summed E-state index contributed by atoms with van der Waals surface area (Å²) in [6.07, 6.45) is 8.16. The van der Waals surface area contributed by atoms with Crippen molar-refractivity contribution in [3.05, 3.63) is 0 Å². The molecule has 0 amide bonds. The Morgan fingerprint density at radius 1 is 1.00 bits per heavy atom. The van der Waals surface area contributed by atoms with Gasteiger partial charge in [0.15, 0.2) is 0 Å². The van der Waals surface area contributed by atoms with E-state index in [2.05, 4.69) is 36.7 Å². The number of rotatable bonds is 7. The van der Waals surface area contributed by atoms with E-state index in [1.807, 2.05) is 0 Å². The molecule has 0 aromatic carbocycles. The minimum atomic E-state index is 0.749. The van der Waals surface area contributed by atoms with E-state index in [0.29, 0.717) is 0 Å². The Hall–Kier alpha value is 0.480. The molecule has 0 heterocycles. The van der Waals surface area contributed by atoms with Crippen LogP contribution in [0.2, 0.25) is 0 Å². The highest BCUT2D eigenvalue weighted by atomic mass is 79.9. The molecule has 1 heteroatoms. The number of alkyl halides is 1. The maximum absolute atomic E-state index is 3.76. The number of hydrogen-bond donors (Lipinski definition) is 0. The van der Waals surface area contributed by atoms with Crippen molar-refractivity contribution in [2.75, 3.05) is 0 Å². The molecule has 12 heavy (non-hydrogen) atoms. The van der Waals surface area contributed by atoms with Crippen LogP contribution in [0.3, 0.4) is 0 Å². The van der Waals surface area contributed by atoms with E-state index in [4.69, 9.17) is 0 Å². The van der Waals surface area contributed by atoms with E-state index >= 15 is 0 Å². The maximum Gasteiger partial charge on any atom is 0.0171 e. The number of hydrogen-bond acceptors (Lipinski definition) is 0. The third-order valence-corrected chi connectivity index (χ3v) is 3.81. The Balaban J connectivity index is 3.35. The average Bonchev–Trinajstić information content (AvgIpc) is 2.05. The van der Waals surface area contributed by atoms with Crippen LogP contribution >= 0.6 is 15.9 Å². The zero-order chi connectivity index (χ0) is 9.40. The van der Waals surface area contributed by atoms with Gasteiger partial charge >= 0.3 is 0 Å². The first kappa shape index (κ1) is 12.5. The molecule has 0 rings (SSSR count). The van der Waals surface area contributed by atoms with Crippen molar-refractivity contribution in [3.63, 3.8) is 0 Å². The van der Waals surface area contributed by atoms with Crippen LogP contribution in [0.5, 0.6) is 0 Å². The lowest BCUT2D eigenvalue weighted by Gasteiger charge is -2.17. The van der Waals surface area contributed by atoms with Crippen LogP contribution in [0.1, 0.15) is 59.3 Å². The lowest BCUT2D eigenvalue weighted by Crippen LogP contribution is -2.10. The van der Waals surface area contributed by atoms with Crippen LogP contribution in [0.4, 0.5) is 0 Å². The Morgan fingerprint density at radius 2 is 1.67 bits per heavy atom. The molecule has 0 saturated heterocycles. The second-order valence-electron chi connectivity index (χ2n) is 3.78. The molecule has 0 bridgehead atoms. The second kappa shape index (κ2) is 8.10. The summed E-state index contributed by atoms with van der Waals surface area (Å²) in [7, 11) is 0. The van der Waals surface area contributed by atoms with Gasteiger partial charge in [-0.15, -0.1) is 0 Å². The van der Waals surface area contributed by atoms with E-state index in [-0.39, 0.29) is 0 Å². The number of halogens is 1. The maximum atomic E-state index is 3.76. The van der Waals surface area contributed by atoms with Crippen molar-refractivity contribution in [1.29, 1.82) is 0 Å². The summed E-state index contributed by atoms with van der Waals surface area (Å²) in [4.78, 5) is 0.749. The molecule has 0 aliphatic carbocycles. The third-order valence-electron chi connectivity index (χ3n) is 2.44. The molecule has 0 radical (unpaired) electrons. The molecule has 0 aliphatic rings. The second-order valence-corrected chi connectivity index (χ2v) is 4.95. The smallest absolute Gasteiger partial charge is 0.0171 e. The van der Waals surface area contributed by atoms with Gasteiger partial charge in [0, 0.05) is 4.83 Å². The van der Waals surface area contributed by atoms with Gasteiger partial charge in [-0.2, -0.15) is 0 Å². The van der Waals surface area contributed by atoms with E-state index < -0.39 is 0 Å². The number of unbranched alkanes of at least 4 members (excludes halogenated alkanes) is 2. The van der Waals surface area contributed by atoms with Gasteiger partial charge in [-0.3, -0.25) is 0 Å². The highest BCUT2D eigenvalue weighted by Gasteiger charge is 2.11. The summed E-state index contributed by atoms with van der Waals surface area (Å²) in [5.41, 5.74) is 0. The quantitative estimate of drug-likeness (QED) is 0.440. The summed E-state index contributed by atoms with van der Waals surface area (Å²) in [6, 6.07) is 0.